The van der Waals surface area contributed by atoms with Gasteiger partial charge >= 0.3 is 0 Å². The van der Waals surface area contributed by atoms with E-state index in [4.69, 9.17) is 0 Å². The van der Waals surface area contributed by atoms with Crippen molar-refractivity contribution < 1.29 is 18.5 Å². The summed E-state index contributed by atoms with van der Waals surface area (Å²) >= 11 is 1.04. The first-order chi connectivity index (χ1) is 13.9. The van der Waals surface area contributed by atoms with Gasteiger partial charge in [0.15, 0.2) is 0 Å². The lowest BCUT2D eigenvalue weighted by Gasteiger charge is -2.21. The third-order valence-electron chi connectivity index (χ3n) is 4.54. The van der Waals surface area contributed by atoms with Gasteiger partial charge in [-0.25, -0.2) is 4.39 Å². The number of nitriles is 1. The average Bonchev–Trinajstić information content (AvgIpc) is 3.11. The minimum atomic E-state index is -2.02. The van der Waals surface area contributed by atoms with Crippen molar-refractivity contribution in [3.05, 3.63) is 45.2 Å². The lowest BCUT2D eigenvalue weighted by atomic mass is 9.85. The molecule has 0 aliphatic carbocycles. The Balaban J connectivity index is 2.46. The molecule has 0 atom stereocenters. The first-order valence-electron chi connectivity index (χ1n) is 9.46. The zero-order chi connectivity index (χ0) is 22.8. The van der Waals surface area contributed by atoms with Crippen LogP contribution in [0.25, 0.3) is 0 Å². The normalized spacial score (nSPS) is 13.1. The molecule has 1 aromatic heterocycles. The van der Waals surface area contributed by atoms with Gasteiger partial charge in [-0.1, -0.05) is 27.7 Å². The maximum atomic E-state index is 14.9. The summed E-state index contributed by atoms with van der Waals surface area (Å²) in [6, 6.07) is 3.35. The fraction of sp³-hybridized carbons (Fsp3) is 0.476. The Morgan fingerprint density at radius 3 is 2.47 bits per heavy atom. The third-order valence-corrected chi connectivity index (χ3v) is 6.65. The molecule has 0 radical (unpaired) electrons. The number of carbonyl (C=O) groups is 1. The number of nitrogens with zero attached hydrogens (tertiary/aromatic N) is 3. The Labute approximate surface area is 182 Å². The van der Waals surface area contributed by atoms with Gasteiger partial charge in [-0.05, 0) is 48.4 Å². The van der Waals surface area contributed by atoms with Gasteiger partial charge in [0.1, 0.15) is 17.5 Å². The number of thiazole rings is 1. The van der Waals surface area contributed by atoms with Gasteiger partial charge in [-0.2, -0.15) is 5.26 Å². The van der Waals surface area contributed by atoms with Crippen LogP contribution in [-0.2, 0) is 31.6 Å². The van der Waals surface area contributed by atoms with E-state index in [2.05, 4.69) is 9.35 Å². The number of carbonyl (C=O) groups excluding carboxylic acids is 1. The highest BCUT2D eigenvalue weighted by Crippen LogP contribution is 2.33. The van der Waals surface area contributed by atoms with Crippen LogP contribution in [0.1, 0.15) is 81.3 Å². The second kappa shape index (κ2) is 9.33. The molecule has 162 valence electrons. The third kappa shape index (κ3) is 5.31. The smallest absolute Gasteiger partial charge is 0.227 e. The molecule has 2 rings (SSSR count). The van der Waals surface area contributed by atoms with Gasteiger partial charge in [-0.15, -0.1) is 21.9 Å². The molecule has 1 aromatic carbocycles. The second-order valence-corrected chi connectivity index (χ2v) is 10.3. The SMILES string of the molecule is CC(C)c1cc(C#N)c(F)c(C(C)C)c1CC(=O)N=[S-](=O)c1nc(C(C)(C)O)cs1. The summed E-state index contributed by atoms with van der Waals surface area (Å²) in [5.41, 5.74) is 0.591. The monoisotopic (exact) mass is 450 g/mol. The molecule has 30 heavy (non-hydrogen) atoms. The van der Waals surface area contributed by atoms with Crippen LogP contribution in [0.15, 0.2) is 20.1 Å². The number of rotatable bonds is 6. The predicted octanol–water partition coefficient (Wildman–Crippen LogP) is 4.90. The van der Waals surface area contributed by atoms with E-state index in [1.807, 2.05) is 19.9 Å². The van der Waals surface area contributed by atoms with Gasteiger partial charge in [0.05, 0.1) is 17.7 Å². The van der Waals surface area contributed by atoms with Crippen LogP contribution in [0, 0.1) is 17.1 Å². The van der Waals surface area contributed by atoms with Gasteiger partial charge < -0.3 is 13.7 Å². The lowest BCUT2D eigenvalue weighted by Crippen LogP contribution is -2.15. The molecule has 0 fully saturated rings. The van der Waals surface area contributed by atoms with Crippen molar-refractivity contribution in [2.45, 2.75) is 69.7 Å². The van der Waals surface area contributed by atoms with Crippen molar-refractivity contribution in [2.75, 3.05) is 0 Å². The summed E-state index contributed by atoms with van der Waals surface area (Å²) < 4.78 is 31.2. The fourth-order valence-corrected chi connectivity index (χ4v) is 4.86. The summed E-state index contributed by atoms with van der Waals surface area (Å²) in [6.45, 7) is 10.5. The summed E-state index contributed by atoms with van der Waals surface area (Å²) in [5, 5.41) is 20.8. The van der Waals surface area contributed by atoms with Crippen molar-refractivity contribution in [3.8, 4) is 6.07 Å². The highest BCUT2D eigenvalue weighted by molar-refractivity contribution is 7.77. The average molecular weight is 451 g/mol. The minimum Gasteiger partial charge on any atom is -0.437 e. The highest BCUT2D eigenvalue weighted by Gasteiger charge is 2.23. The van der Waals surface area contributed by atoms with Gasteiger partial charge in [0.2, 0.25) is 5.91 Å². The number of aliphatic hydroxyl groups is 1. The number of halogens is 1. The van der Waals surface area contributed by atoms with Crippen molar-refractivity contribution in [1.29, 1.82) is 5.26 Å². The number of hydrogen-bond acceptors (Lipinski definition) is 7. The van der Waals surface area contributed by atoms with Gasteiger partial charge in [0, 0.05) is 9.72 Å². The molecule has 2 aromatic rings. The van der Waals surface area contributed by atoms with E-state index in [1.54, 1.807) is 33.1 Å². The number of aromatic nitrogens is 1. The van der Waals surface area contributed by atoms with E-state index in [-0.39, 0.29) is 28.2 Å². The van der Waals surface area contributed by atoms with Crippen molar-refractivity contribution >= 4 is 27.8 Å². The van der Waals surface area contributed by atoms with E-state index in [0.29, 0.717) is 22.4 Å². The largest absolute Gasteiger partial charge is 0.437 e. The van der Waals surface area contributed by atoms with Crippen LogP contribution >= 0.6 is 11.3 Å². The van der Waals surface area contributed by atoms with Crippen molar-refractivity contribution in [3.63, 3.8) is 0 Å². The molecule has 0 bridgehead atoms. The second-order valence-electron chi connectivity index (χ2n) is 8.11. The maximum absolute atomic E-state index is 14.9. The van der Waals surface area contributed by atoms with Crippen LogP contribution in [0.3, 0.4) is 0 Å². The molecule has 0 spiro atoms. The Hall–Kier alpha value is -2.15. The quantitative estimate of drug-likeness (QED) is 0.630. The van der Waals surface area contributed by atoms with Gasteiger partial charge in [0.25, 0.3) is 0 Å². The lowest BCUT2D eigenvalue weighted by molar-refractivity contribution is -0.117. The standard InChI is InChI=1S/C21H25FN3O3S2/c1-11(2)14-7-13(9-23)19(22)18(12(3)4)15(14)8-17(26)25-30(28)20-24-16(10-29-20)21(5,6)27/h7,10-12,27H,8H2,1-6H3/q-1. The molecule has 0 unspecified atom stereocenters. The zero-order valence-electron chi connectivity index (χ0n) is 17.8. The Kier molecular flexibility index (Phi) is 7.50. The molecule has 0 saturated carbocycles. The fourth-order valence-electron chi connectivity index (χ4n) is 3.07. The topological polar surface area (TPSA) is 103 Å². The van der Waals surface area contributed by atoms with Crippen molar-refractivity contribution in [1.82, 2.24) is 4.98 Å². The van der Waals surface area contributed by atoms with E-state index in [1.165, 1.54) is 6.07 Å². The van der Waals surface area contributed by atoms with Crippen LogP contribution in [0.2, 0.25) is 0 Å². The molecule has 0 aliphatic heterocycles. The molecule has 1 heterocycles. The zero-order valence-corrected chi connectivity index (χ0v) is 19.4. The molecule has 0 aliphatic rings. The summed E-state index contributed by atoms with van der Waals surface area (Å²) in [6.07, 6.45) is -0.223. The predicted molar refractivity (Wildman–Crippen MR) is 114 cm³/mol. The molecular weight excluding hydrogens is 425 g/mol. The Morgan fingerprint density at radius 2 is 2.00 bits per heavy atom. The van der Waals surface area contributed by atoms with Crippen LogP contribution < -0.4 is 0 Å². The molecule has 1 amide bonds. The van der Waals surface area contributed by atoms with E-state index >= 15 is 0 Å². The number of amides is 1. The number of hydrogen-bond donors (Lipinski definition) is 1. The van der Waals surface area contributed by atoms with E-state index in [0.717, 1.165) is 11.3 Å². The van der Waals surface area contributed by atoms with Crippen LogP contribution in [0.4, 0.5) is 4.39 Å². The van der Waals surface area contributed by atoms with Crippen LogP contribution in [0.5, 0.6) is 0 Å². The maximum Gasteiger partial charge on any atom is 0.227 e. The van der Waals surface area contributed by atoms with E-state index < -0.39 is 27.9 Å². The minimum absolute atomic E-state index is 0.0446. The van der Waals surface area contributed by atoms with E-state index in [9.17, 15) is 23.8 Å². The first-order valence-corrected chi connectivity index (χ1v) is 11.5. The summed E-state index contributed by atoms with van der Waals surface area (Å²) in [5.74, 6) is -1.59. The Bertz CT molecular complexity index is 1090. The molecule has 1 N–H and O–H groups in total. The van der Waals surface area contributed by atoms with Gasteiger partial charge in [-0.3, -0.25) is 9.78 Å². The van der Waals surface area contributed by atoms with Crippen molar-refractivity contribution in [2.24, 2.45) is 4.36 Å². The molecule has 0 saturated heterocycles. The summed E-state index contributed by atoms with van der Waals surface area (Å²) in [7, 11) is -2.02. The summed E-state index contributed by atoms with van der Waals surface area (Å²) in [4.78, 5) is 16.7. The molecule has 9 heteroatoms. The number of benzene rings is 1. The molecule has 6 nitrogen and oxygen atoms in total. The molecular formula is C21H25FN3O3S2-. The van der Waals surface area contributed by atoms with Crippen LogP contribution in [-0.4, -0.2) is 16.0 Å². The first kappa shape index (κ1) is 24.1. The Morgan fingerprint density at radius 1 is 1.37 bits per heavy atom. The highest BCUT2D eigenvalue weighted by atomic mass is 32.2.